The Kier molecular flexibility index (Phi) is 3.76. The monoisotopic (exact) mass is 186 g/mol. The van der Waals surface area contributed by atoms with E-state index in [2.05, 4.69) is 16.6 Å². The highest BCUT2D eigenvalue weighted by atomic mass is 33.1. The highest BCUT2D eigenvalue weighted by Gasteiger charge is 1.99. The number of hydrogen-bond acceptors (Lipinski definition) is 4. The number of nitrogens with zero attached hydrogens (tertiary/aromatic N) is 1. The molecule has 0 atom stereocenters. The van der Waals surface area contributed by atoms with Gasteiger partial charge in [-0.3, -0.25) is 4.98 Å². The van der Waals surface area contributed by atoms with Crippen LogP contribution in [0.25, 0.3) is 0 Å². The maximum Gasteiger partial charge on any atom is 0.0560 e. The average Bonchev–Trinajstić information content (AvgIpc) is 2.06. The number of pyridine rings is 1. The third-order valence-electron chi connectivity index (χ3n) is 1.33. The standard InChI is InChI=1S/C7H10N2S2/c8-4-3-6-7(11-10)2-1-5-9-6/h1-2,5,10H,3-4,8H2. The van der Waals surface area contributed by atoms with Crippen molar-refractivity contribution in [2.24, 2.45) is 5.73 Å². The second-order valence-corrected chi connectivity index (χ2v) is 3.25. The lowest BCUT2D eigenvalue weighted by atomic mass is 10.3. The van der Waals surface area contributed by atoms with Crippen molar-refractivity contribution in [3.63, 3.8) is 0 Å². The molecule has 1 rings (SSSR count). The second kappa shape index (κ2) is 4.64. The number of thiol groups is 1. The van der Waals surface area contributed by atoms with Crippen molar-refractivity contribution in [1.82, 2.24) is 4.98 Å². The van der Waals surface area contributed by atoms with Crippen LogP contribution in [0.5, 0.6) is 0 Å². The van der Waals surface area contributed by atoms with Crippen molar-refractivity contribution >= 4 is 22.5 Å². The Bertz CT molecular complexity index is 227. The number of hydrogen-bond donors (Lipinski definition) is 2. The fraction of sp³-hybridized carbons (Fsp3) is 0.286. The maximum atomic E-state index is 5.41. The third-order valence-corrected chi connectivity index (χ3v) is 2.49. The van der Waals surface area contributed by atoms with Crippen LogP contribution >= 0.6 is 22.5 Å². The summed E-state index contributed by atoms with van der Waals surface area (Å²) in [6, 6.07) is 3.90. The van der Waals surface area contributed by atoms with E-state index in [0.29, 0.717) is 6.54 Å². The van der Waals surface area contributed by atoms with Crippen LogP contribution in [0.1, 0.15) is 5.69 Å². The Hall–Kier alpha value is -0.190. The van der Waals surface area contributed by atoms with Gasteiger partial charge in [-0.1, -0.05) is 10.8 Å². The summed E-state index contributed by atoms with van der Waals surface area (Å²) in [7, 11) is 1.41. The number of aromatic nitrogens is 1. The van der Waals surface area contributed by atoms with Crippen molar-refractivity contribution in [3.05, 3.63) is 24.0 Å². The summed E-state index contributed by atoms with van der Waals surface area (Å²) >= 11 is 4.11. The van der Waals surface area contributed by atoms with E-state index in [9.17, 15) is 0 Å². The molecule has 60 valence electrons. The van der Waals surface area contributed by atoms with Crippen molar-refractivity contribution in [3.8, 4) is 0 Å². The van der Waals surface area contributed by atoms with Gasteiger partial charge in [-0.15, -0.1) is 11.7 Å². The van der Waals surface area contributed by atoms with Gasteiger partial charge in [-0.05, 0) is 18.7 Å². The molecule has 0 amide bonds. The van der Waals surface area contributed by atoms with Crippen LogP contribution in [0.3, 0.4) is 0 Å². The van der Waals surface area contributed by atoms with Crippen molar-refractivity contribution in [1.29, 1.82) is 0 Å². The topological polar surface area (TPSA) is 38.9 Å². The quantitative estimate of drug-likeness (QED) is 0.555. The predicted octanol–water partition coefficient (Wildman–Crippen LogP) is 1.52. The molecule has 0 saturated heterocycles. The van der Waals surface area contributed by atoms with Gasteiger partial charge in [0.15, 0.2) is 0 Å². The minimum atomic E-state index is 0.637. The molecule has 0 aliphatic carbocycles. The van der Waals surface area contributed by atoms with Gasteiger partial charge in [0.05, 0.1) is 5.69 Å². The Morgan fingerprint density at radius 3 is 3.09 bits per heavy atom. The van der Waals surface area contributed by atoms with Crippen LogP contribution in [-0.2, 0) is 6.42 Å². The summed E-state index contributed by atoms with van der Waals surface area (Å²) in [6.07, 6.45) is 2.60. The first kappa shape index (κ1) is 8.90. The van der Waals surface area contributed by atoms with Crippen LogP contribution in [0.4, 0.5) is 0 Å². The summed E-state index contributed by atoms with van der Waals surface area (Å²) in [6.45, 7) is 0.637. The Morgan fingerprint density at radius 2 is 2.45 bits per heavy atom. The highest BCUT2D eigenvalue weighted by Crippen LogP contribution is 2.23. The first-order chi connectivity index (χ1) is 5.38. The van der Waals surface area contributed by atoms with E-state index in [1.807, 2.05) is 12.1 Å². The Balaban J connectivity index is 2.83. The van der Waals surface area contributed by atoms with Crippen LogP contribution in [0.15, 0.2) is 23.2 Å². The molecule has 1 heterocycles. The second-order valence-electron chi connectivity index (χ2n) is 2.08. The molecule has 1 aromatic heterocycles. The van der Waals surface area contributed by atoms with Crippen molar-refractivity contribution < 1.29 is 0 Å². The maximum absolute atomic E-state index is 5.41. The molecule has 0 aliphatic heterocycles. The molecule has 0 fully saturated rings. The average molecular weight is 186 g/mol. The molecule has 11 heavy (non-hydrogen) atoms. The lowest BCUT2D eigenvalue weighted by molar-refractivity contribution is 0.893. The van der Waals surface area contributed by atoms with Crippen LogP contribution < -0.4 is 5.73 Å². The molecule has 0 aromatic carbocycles. The van der Waals surface area contributed by atoms with E-state index in [1.165, 1.54) is 10.8 Å². The minimum absolute atomic E-state index is 0.637. The van der Waals surface area contributed by atoms with Gasteiger partial charge >= 0.3 is 0 Å². The molecule has 0 spiro atoms. The first-order valence-electron chi connectivity index (χ1n) is 3.34. The van der Waals surface area contributed by atoms with Gasteiger partial charge in [-0.25, -0.2) is 0 Å². The van der Waals surface area contributed by atoms with Crippen molar-refractivity contribution in [2.45, 2.75) is 11.3 Å². The molecule has 2 nitrogen and oxygen atoms in total. The zero-order valence-corrected chi connectivity index (χ0v) is 7.74. The van der Waals surface area contributed by atoms with Crippen LogP contribution in [0.2, 0.25) is 0 Å². The molecule has 0 aliphatic rings. The molecular weight excluding hydrogens is 176 g/mol. The largest absolute Gasteiger partial charge is 0.330 e. The first-order valence-corrected chi connectivity index (χ1v) is 5.20. The van der Waals surface area contributed by atoms with Crippen molar-refractivity contribution in [2.75, 3.05) is 6.54 Å². The van der Waals surface area contributed by atoms with E-state index in [-0.39, 0.29) is 0 Å². The molecule has 0 radical (unpaired) electrons. The molecular formula is C7H10N2S2. The van der Waals surface area contributed by atoms with E-state index in [4.69, 9.17) is 5.73 Å². The Labute approximate surface area is 75.4 Å². The number of nitrogens with two attached hydrogens (primary N) is 1. The van der Waals surface area contributed by atoms with E-state index in [1.54, 1.807) is 6.20 Å². The predicted molar refractivity (Wildman–Crippen MR) is 51.8 cm³/mol. The van der Waals surface area contributed by atoms with Crippen LogP contribution in [0, 0.1) is 0 Å². The summed E-state index contributed by atoms with van der Waals surface area (Å²) in [5.74, 6) is 0. The summed E-state index contributed by atoms with van der Waals surface area (Å²) in [5.41, 5.74) is 6.45. The van der Waals surface area contributed by atoms with E-state index in [0.717, 1.165) is 17.0 Å². The molecule has 1 aromatic rings. The summed E-state index contributed by atoms with van der Waals surface area (Å²) < 4.78 is 0. The zero-order valence-electron chi connectivity index (χ0n) is 6.03. The van der Waals surface area contributed by atoms with Gasteiger partial charge in [0.1, 0.15) is 0 Å². The molecule has 0 bridgehead atoms. The van der Waals surface area contributed by atoms with Gasteiger partial charge in [-0.2, -0.15) is 0 Å². The normalized spacial score (nSPS) is 10.0. The zero-order chi connectivity index (χ0) is 8.10. The van der Waals surface area contributed by atoms with Gasteiger partial charge in [0.2, 0.25) is 0 Å². The van der Waals surface area contributed by atoms with Gasteiger partial charge in [0.25, 0.3) is 0 Å². The summed E-state index contributed by atoms with van der Waals surface area (Å²) in [4.78, 5) is 5.29. The van der Waals surface area contributed by atoms with Gasteiger partial charge in [0, 0.05) is 17.5 Å². The fourth-order valence-corrected chi connectivity index (χ4v) is 1.73. The van der Waals surface area contributed by atoms with Crippen LogP contribution in [-0.4, -0.2) is 11.5 Å². The fourth-order valence-electron chi connectivity index (χ4n) is 0.831. The molecule has 0 saturated carbocycles. The molecule has 4 heteroatoms. The Morgan fingerprint density at radius 1 is 1.64 bits per heavy atom. The SMILES string of the molecule is NCCc1ncccc1SS. The molecule has 2 N–H and O–H groups in total. The minimum Gasteiger partial charge on any atom is -0.330 e. The van der Waals surface area contributed by atoms with E-state index < -0.39 is 0 Å². The highest BCUT2D eigenvalue weighted by molar-refractivity contribution is 8.68. The smallest absolute Gasteiger partial charge is 0.0560 e. The van der Waals surface area contributed by atoms with E-state index >= 15 is 0 Å². The lowest BCUT2D eigenvalue weighted by Crippen LogP contribution is -2.04. The van der Waals surface area contributed by atoms with Gasteiger partial charge < -0.3 is 5.73 Å². The lowest BCUT2D eigenvalue weighted by Gasteiger charge is -2.01. The summed E-state index contributed by atoms with van der Waals surface area (Å²) in [5, 5.41) is 0. The molecule has 0 unspecified atom stereocenters. The number of rotatable bonds is 3. The third kappa shape index (κ3) is 2.39.